The number of hydrogen-bond donors (Lipinski definition) is 2. The van der Waals surface area contributed by atoms with Crippen molar-refractivity contribution in [3.05, 3.63) is 198 Å². The van der Waals surface area contributed by atoms with Crippen LogP contribution in [0, 0.1) is 5.92 Å². The Hall–Kier alpha value is -6.82. The van der Waals surface area contributed by atoms with Gasteiger partial charge in [0.2, 0.25) is 9.84 Å². The van der Waals surface area contributed by atoms with Crippen LogP contribution in [-0.4, -0.2) is 75.9 Å². The van der Waals surface area contributed by atoms with E-state index in [1.54, 1.807) is 70.5 Å². The third-order valence-corrected chi connectivity index (χ3v) is 20.7. The Kier molecular flexibility index (Phi) is 29.7. The number of aryl methyl sites for hydroxylation is 2. The summed E-state index contributed by atoms with van der Waals surface area (Å²) in [5.41, 5.74) is 10.6. The average Bonchev–Trinajstić information content (AvgIpc) is 1.78. The number of thiazole rings is 3. The van der Waals surface area contributed by atoms with Crippen LogP contribution in [0.1, 0.15) is 147 Å². The zero-order valence-corrected chi connectivity index (χ0v) is 60.6. The van der Waals surface area contributed by atoms with Crippen molar-refractivity contribution < 1.29 is 46.9 Å². The highest BCUT2D eigenvalue weighted by Gasteiger charge is 2.25. The molecule has 0 aliphatic heterocycles. The normalized spacial score (nSPS) is 11.6. The second kappa shape index (κ2) is 36.7. The number of aromatic nitrogens is 3. The third-order valence-electron chi connectivity index (χ3n) is 13.3. The molecule has 492 valence electrons. The van der Waals surface area contributed by atoms with E-state index in [0.29, 0.717) is 46.4 Å². The van der Waals surface area contributed by atoms with E-state index in [-0.39, 0.29) is 39.9 Å². The number of carbonyl (C=O) groups is 4. The highest BCUT2D eigenvalue weighted by Crippen LogP contribution is 2.35. The van der Waals surface area contributed by atoms with Crippen molar-refractivity contribution in [2.45, 2.75) is 157 Å². The Morgan fingerprint density at radius 1 is 0.602 bits per heavy atom. The van der Waals surface area contributed by atoms with Crippen molar-refractivity contribution in [2.75, 3.05) is 12.4 Å². The number of nitrogens with zero attached hydrogens (tertiary/aromatic N) is 3. The molecule has 0 spiro atoms. The van der Waals surface area contributed by atoms with Crippen LogP contribution < -0.4 is 5.73 Å². The van der Waals surface area contributed by atoms with Crippen LogP contribution in [0.15, 0.2) is 191 Å². The fourth-order valence-corrected chi connectivity index (χ4v) is 14.9. The minimum Gasteiger partial charge on any atom is -0.478 e. The van der Waals surface area contributed by atoms with Gasteiger partial charge in [-0.05, 0) is 171 Å². The zero-order chi connectivity index (χ0) is 67.7. The summed E-state index contributed by atoms with van der Waals surface area (Å²) in [6.07, 6.45) is 6.77. The van der Waals surface area contributed by atoms with Gasteiger partial charge in [0.25, 0.3) is 0 Å². The Morgan fingerprint density at radius 3 is 1.55 bits per heavy atom. The Morgan fingerprint density at radius 2 is 1.10 bits per heavy atom. The highest BCUT2D eigenvalue weighted by atomic mass is 79.9. The van der Waals surface area contributed by atoms with Crippen LogP contribution in [0.4, 0.5) is 0 Å². The zero-order valence-electron chi connectivity index (χ0n) is 54.1. The summed E-state index contributed by atoms with van der Waals surface area (Å²) in [6.45, 7) is 20.4. The van der Waals surface area contributed by atoms with E-state index in [0.717, 1.165) is 102 Å². The number of aromatic carboxylic acids is 1. The first-order chi connectivity index (χ1) is 44.3. The van der Waals surface area contributed by atoms with Crippen molar-refractivity contribution in [3.8, 4) is 33.4 Å². The molecule has 0 radical (unpaired) electrons. The monoisotopic (exact) mass is 1430 g/mol. The number of benzene rings is 6. The molecule has 0 aliphatic rings. The highest BCUT2D eigenvalue weighted by molar-refractivity contribution is 9.10. The van der Waals surface area contributed by atoms with Gasteiger partial charge in [-0.25, -0.2) is 37.8 Å². The lowest BCUT2D eigenvalue weighted by Gasteiger charge is -2.20. The molecule has 3 heterocycles. The summed E-state index contributed by atoms with van der Waals surface area (Å²) < 4.78 is 43.3. The van der Waals surface area contributed by atoms with Crippen LogP contribution in [0.3, 0.4) is 0 Å². The maximum absolute atomic E-state index is 12.8. The maximum atomic E-state index is 12.8. The maximum Gasteiger partial charge on any atom is 0.338 e. The second-order valence-corrected chi connectivity index (χ2v) is 30.9. The SMILES string of the molecule is CCCCC(CC)COC(=O)CCSc1cc(C(=O)OC(C)(C)C)cc(-c2ccccc2)c1.CCc1nc(Br)cs1.CCc1nc(Sc2cc(C(=O)OC(C)(C)C)cc(-c3ccccc3)c2)cs1.NCc1nc(S(=O)(=O)c2cc(C(=O)O)cc(-c3ccccc3)c2)cs1. The van der Waals surface area contributed by atoms with Crippen molar-refractivity contribution in [1.29, 1.82) is 0 Å². The number of esters is 3. The smallest absolute Gasteiger partial charge is 0.338 e. The minimum atomic E-state index is -3.93. The molecule has 9 aromatic rings. The fraction of sp³-hybridized carbons (Fsp3) is 0.319. The Labute approximate surface area is 576 Å². The van der Waals surface area contributed by atoms with Crippen molar-refractivity contribution in [1.82, 2.24) is 15.0 Å². The van der Waals surface area contributed by atoms with E-state index in [2.05, 4.69) is 76.1 Å². The summed E-state index contributed by atoms with van der Waals surface area (Å²) in [7, 11) is -3.93. The van der Waals surface area contributed by atoms with Gasteiger partial charge in [-0.1, -0.05) is 150 Å². The van der Waals surface area contributed by atoms with Gasteiger partial charge in [0.15, 0.2) is 5.03 Å². The molecule has 1 atom stereocenters. The summed E-state index contributed by atoms with van der Waals surface area (Å²) in [4.78, 5) is 63.6. The molecule has 3 N–H and O–H groups in total. The summed E-state index contributed by atoms with van der Waals surface area (Å²) in [6, 6.07) is 44.7. The van der Waals surface area contributed by atoms with E-state index in [9.17, 15) is 32.7 Å². The molecule has 0 bridgehead atoms. The topological polar surface area (TPSA) is 215 Å². The number of carboxylic acids is 1. The van der Waals surface area contributed by atoms with Crippen LogP contribution in [0.5, 0.6) is 0 Å². The quantitative estimate of drug-likeness (QED) is 0.0346. The first kappa shape index (κ1) is 75.2. The largest absolute Gasteiger partial charge is 0.478 e. The number of ether oxygens (including phenoxy) is 3. The molecule has 9 rings (SSSR count). The van der Waals surface area contributed by atoms with Gasteiger partial charge in [-0.3, -0.25) is 4.79 Å². The molecular weight excluding hydrogens is 1350 g/mol. The van der Waals surface area contributed by atoms with Gasteiger partial charge >= 0.3 is 23.9 Å². The number of sulfone groups is 1. The number of carboxylic acid groups (broad SMARTS) is 1. The molecule has 14 nitrogen and oxygen atoms in total. The Balaban J connectivity index is 0.000000210. The van der Waals surface area contributed by atoms with Gasteiger partial charge in [0, 0.05) is 38.2 Å². The molecule has 21 heteroatoms. The summed E-state index contributed by atoms with van der Waals surface area (Å²) in [5, 5.41) is 18.4. The lowest BCUT2D eigenvalue weighted by atomic mass is 10.0. The first-order valence-corrected chi connectivity index (χ1v) is 37.2. The molecule has 0 aliphatic carbocycles. The second-order valence-electron chi connectivity index (χ2n) is 23.1. The number of nitrogens with two attached hydrogens (primary N) is 1. The summed E-state index contributed by atoms with van der Waals surface area (Å²) >= 11 is 10.9. The number of unbranched alkanes of at least 4 members (excludes halogenated alkanes) is 1. The predicted octanol–water partition coefficient (Wildman–Crippen LogP) is 19.3. The standard InChI is InChI=1S/C28H38O4S.C22H23NO2S2.C17H14N2O4S2.C5H6BrNS/c1-6-8-12-21(7-2)20-31-26(29)15-16-33-25-18-23(22-13-10-9-11-14-22)17-24(19-25)27(30)32-28(3,4)5;1-5-19-23-20(14-26-19)27-18-12-16(15-9-7-6-8-10-15)11-17(13-18)21(24)25-22(2,3)4;18-9-15-19-16(10-24-15)25(22,23)14-7-12(6-13(8-14)17(20)21)11-4-2-1-3-5-11;1-2-5-7-4(6)3-8-5/h9-11,13-14,17-19,21H,6-8,12,15-16,20H2,1-5H3;6-14H,5H2,1-4H3;1-8,10H,9,18H2,(H,20,21);3H,2H2,1H3. The number of carbonyl (C=O) groups excluding carboxylic acids is 3. The number of hydrogen-bond acceptors (Lipinski definition) is 18. The van der Waals surface area contributed by atoms with Crippen molar-refractivity contribution in [3.63, 3.8) is 0 Å². The number of halogens is 1. The average molecular weight is 1430 g/mol. The van der Waals surface area contributed by atoms with Gasteiger partial charge in [0.1, 0.15) is 25.8 Å². The molecular formula is C72H81BrN4O10S6. The van der Waals surface area contributed by atoms with Crippen molar-refractivity contribution >= 4 is 107 Å². The molecule has 1 unspecified atom stereocenters. The van der Waals surface area contributed by atoms with Gasteiger partial charge in [-0.2, -0.15) is 0 Å². The van der Waals surface area contributed by atoms with Crippen LogP contribution in [0.2, 0.25) is 0 Å². The van der Waals surface area contributed by atoms with E-state index in [1.807, 2.05) is 138 Å². The van der Waals surface area contributed by atoms with E-state index >= 15 is 0 Å². The van der Waals surface area contributed by atoms with Crippen LogP contribution in [0.25, 0.3) is 33.4 Å². The molecule has 0 saturated heterocycles. The van der Waals surface area contributed by atoms with E-state index in [4.69, 9.17) is 19.9 Å². The molecule has 0 saturated carbocycles. The molecule has 0 amide bonds. The van der Waals surface area contributed by atoms with Crippen molar-refractivity contribution in [2.24, 2.45) is 11.7 Å². The van der Waals surface area contributed by atoms with Gasteiger partial charge < -0.3 is 25.1 Å². The van der Waals surface area contributed by atoms with Crippen LogP contribution >= 0.6 is 73.5 Å². The van der Waals surface area contributed by atoms with Crippen LogP contribution in [-0.2, 0) is 48.2 Å². The van der Waals surface area contributed by atoms with Gasteiger partial charge in [-0.15, -0.1) is 45.8 Å². The number of thioether (sulfide) groups is 1. The van der Waals surface area contributed by atoms with E-state index < -0.39 is 27.0 Å². The first-order valence-electron chi connectivity index (χ1n) is 30.5. The number of rotatable bonds is 23. The lowest BCUT2D eigenvalue weighted by Crippen LogP contribution is -2.23. The molecule has 93 heavy (non-hydrogen) atoms. The third kappa shape index (κ3) is 25.1. The van der Waals surface area contributed by atoms with Gasteiger partial charge in [0.05, 0.1) is 44.6 Å². The molecule has 6 aromatic carbocycles. The lowest BCUT2D eigenvalue weighted by molar-refractivity contribution is -0.144. The molecule has 3 aromatic heterocycles. The fourth-order valence-electron chi connectivity index (χ4n) is 8.66. The summed E-state index contributed by atoms with van der Waals surface area (Å²) in [5.74, 6) is -0.982. The predicted molar refractivity (Wildman–Crippen MR) is 383 cm³/mol. The van der Waals surface area contributed by atoms with E-state index in [1.165, 1.54) is 28.9 Å². The minimum absolute atomic E-state index is 0.103. The molecule has 0 fully saturated rings. The Bertz CT molecular complexity index is 3980.